The molecule has 1 aliphatic carbocycles. The third-order valence-electron chi connectivity index (χ3n) is 11.9. The van der Waals surface area contributed by atoms with Crippen LogP contribution in [0, 0.1) is 12.1 Å². The number of benzene rings is 8. The summed E-state index contributed by atoms with van der Waals surface area (Å²) in [7, 11) is 0. The van der Waals surface area contributed by atoms with Crippen LogP contribution in [0.25, 0.3) is 81.0 Å². The summed E-state index contributed by atoms with van der Waals surface area (Å²) in [6.45, 7) is 0. The summed E-state index contributed by atoms with van der Waals surface area (Å²) in [4.78, 5) is 2.46. The second-order valence-corrected chi connectivity index (χ2v) is 16.5. The Labute approximate surface area is 355 Å². The molecule has 0 saturated heterocycles. The highest BCUT2D eigenvalue weighted by Crippen LogP contribution is 2.43. The molecule has 0 saturated carbocycles. The first-order chi connectivity index (χ1) is 29.7. The maximum absolute atomic E-state index is 3.57. The van der Waals surface area contributed by atoms with E-state index in [1.807, 2.05) is 0 Å². The Kier molecular flexibility index (Phi) is 9.15. The number of hydrogen-bond acceptors (Lipinski definition) is 2. The third kappa shape index (κ3) is 6.66. The first-order valence-electron chi connectivity index (χ1n) is 20.6. The summed E-state index contributed by atoms with van der Waals surface area (Å²) in [5.74, 6) is 0. The molecule has 0 fully saturated rings. The average molecular weight is 782 g/mol. The quantitative estimate of drug-likeness (QED) is 0.148. The zero-order valence-electron chi connectivity index (χ0n) is 33.0. The van der Waals surface area contributed by atoms with E-state index in [2.05, 4.69) is 229 Å². The molecule has 1 aromatic heterocycles. The standard InChI is InChI=1S/C58H39NS/c1-2-12-40(13-3-1)41-24-26-42(27-25-41)43-28-33-49(34-29-43)59(56-22-8-6-19-53(56)48-32-37-58-55(39-48)54-20-7-9-23-57(54)60-58)50-35-30-44(31-36-50)46-16-10-17-47(38-46)52-21-11-15-45-14-4-5-18-51(45)52/h1-28,30-31,33,35-36,38-39H,29,34H2. The highest BCUT2D eigenvalue weighted by molar-refractivity contribution is 7.25. The summed E-state index contributed by atoms with van der Waals surface area (Å²) in [5, 5.41) is 5.01. The van der Waals surface area contributed by atoms with Crippen molar-refractivity contribution in [3.05, 3.63) is 236 Å². The van der Waals surface area contributed by atoms with E-state index in [4.69, 9.17) is 0 Å². The molecule has 0 amide bonds. The van der Waals surface area contributed by atoms with E-state index in [1.165, 1.54) is 76.5 Å². The second-order valence-electron chi connectivity index (χ2n) is 15.4. The predicted molar refractivity (Wildman–Crippen MR) is 257 cm³/mol. The molecule has 60 heavy (non-hydrogen) atoms. The van der Waals surface area contributed by atoms with Gasteiger partial charge in [0, 0.05) is 38.0 Å². The normalized spacial score (nSPS) is 12.6. The van der Waals surface area contributed by atoms with Crippen molar-refractivity contribution in [3.8, 4) is 44.5 Å². The highest BCUT2D eigenvalue weighted by Gasteiger charge is 2.22. The fourth-order valence-electron chi connectivity index (χ4n) is 8.81. The van der Waals surface area contributed by atoms with E-state index >= 15 is 0 Å². The number of thiophene rings is 1. The molecule has 11 rings (SSSR count). The number of nitrogens with zero attached hydrogens (tertiary/aromatic N) is 1. The molecular formula is C58H39NS. The molecule has 1 nitrogen and oxygen atoms in total. The van der Waals surface area contributed by atoms with Crippen LogP contribution in [0.2, 0.25) is 0 Å². The van der Waals surface area contributed by atoms with Crippen molar-refractivity contribution < 1.29 is 0 Å². The first kappa shape index (κ1) is 35.7. The Hall–Kier alpha value is -7.44. The van der Waals surface area contributed by atoms with Crippen LogP contribution in [0.15, 0.2) is 218 Å². The van der Waals surface area contributed by atoms with Gasteiger partial charge in [0.2, 0.25) is 0 Å². The Morgan fingerprint density at radius 2 is 1.05 bits per heavy atom. The summed E-state index contributed by atoms with van der Waals surface area (Å²) < 4.78 is 2.41. The lowest BCUT2D eigenvalue weighted by Crippen LogP contribution is -2.18. The molecule has 2 heteroatoms. The number of fused-ring (bicyclic) bond motifs is 4. The Morgan fingerprint density at radius 3 is 1.90 bits per heavy atom. The van der Waals surface area contributed by atoms with Gasteiger partial charge in [0.1, 0.15) is 0 Å². The summed E-state index contributed by atoms with van der Waals surface area (Å²) in [6.07, 6.45) is 6.50. The second kappa shape index (κ2) is 15.4. The number of hydrogen-bond donors (Lipinski definition) is 0. The van der Waals surface area contributed by atoms with Gasteiger partial charge < -0.3 is 4.90 Å². The SMILES string of the molecule is c1c(-c2ccccc2N(C2=CC=C(c3ccc(-c4ccccc4)cc3)CC2)c2ccc(-c3cccc(-c4cccc5ccccc45)c3)cc2)cc2c(c#1)sc1ccccc12. The lowest BCUT2D eigenvalue weighted by Gasteiger charge is -2.31. The maximum Gasteiger partial charge on any atom is 0.0857 e. The lowest BCUT2D eigenvalue weighted by atomic mass is 9.93. The van der Waals surface area contributed by atoms with E-state index in [0.29, 0.717) is 0 Å². The van der Waals surface area contributed by atoms with Crippen molar-refractivity contribution in [3.63, 3.8) is 0 Å². The number of para-hydroxylation sites is 1. The number of allylic oxidation sites excluding steroid dienone is 4. The van der Waals surface area contributed by atoms with Gasteiger partial charge in [-0.2, -0.15) is 0 Å². The number of anilines is 2. The summed E-state index contributed by atoms with van der Waals surface area (Å²) >= 11 is 1.78. The molecule has 0 spiro atoms. The van der Waals surface area contributed by atoms with Crippen LogP contribution in [0.1, 0.15) is 18.4 Å². The molecule has 10 aromatic rings. The molecule has 0 atom stereocenters. The van der Waals surface area contributed by atoms with E-state index in [-0.39, 0.29) is 0 Å². The Balaban J connectivity index is 0.987. The fraction of sp³-hybridized carbons (Fsp3) is 0.0345. The van der Waals surface area contributed by atoms with Crippen molar-refractivity contribution in [1.82, 2.24) is 0 Å². The minimum Gasteiger partial charge on any atom is -0.314 e. The molecule has 0 N–H and O–H groups in total. The van der Waals surface area contributed by atoms with Gasteiger partial charge in [-0.1, -0.05) is 176 Å². The van der Waals surface area contributed by atoms with Gasteiger partial charge in [0.05, 0.1) is 10.4 Å². The molecule has 282 valence electrons. The van der Waals surface area contributed by atoms with E-state index in [9.17, 15) is 0 Å². The fourth-order valence-corrected chi connectivity index (χ4v) is 9.85. The van der Waals surface area contributed by atoms with Crippen LogP contribution in [0.3, 0.4) is 0 Å². The lowest BCUT2D eigenvalue weighted by molar-refractivity contribution is 0.930. The Bertz CT molecular complexity index is 3230. The van der Waals surface area contributed by atoms with E-state index in [1.54, 1.807) is 11.3 Å². The average Bonchev–Trinajstić information content (AvgIpc) is 3.71. The zero-order chi connectivity index (χ0) is 39.8. The van der Waals surface area contributed by atoms with Crippen molar-refractivity contribution in [2.24, 2.45) is 0 Å². The molecule has 9 aromatic carbocycles. The van der Waals surface area contributed by atoms with Gasteiger partial charge in [-0.3, -0.25) is 0 Å². The van der Waals surface area contributed by atoms with Crippen LogP contribution in [-0.4, -0.2) is 0 Å². The largest absolute Gasteiger partial charge is 0.314 e. The van der Waals surface area contributed by atoms with Gasteiger partial charge in [-0.15, -0.1) is 11.3 Å². The molecule has 1 aliphatic rings. The first-order valence-corrected chi connectivity index (χ1v) is 21.4. The minimum atomic E-state index is 0.902. The third-order valence-corrected chi connectivity index (χ3v) is 13.0. The number of rotatable bonds is 8. The predicted octanol–water partition coefficient (Wildman–Crippen LogP) is 16.4. The maximum atomic E-state index is 3.57. The van der Waals surface area contributed by atoms with Crippen LogP contribution in [0.4, 0.5) is 11.4 Å². The van der Waals surface area contributed by atoms with Crippen molar-refractivity contribution in [1.29, 1.82) is 0 Å². The van der Waals surface area contributed by atoms with Crippen LogP contribution in [-0.2, 0) is 0 Å². The van der Waals surface area contributed by atoms with E-state index < -0.39 is 0 Å². The van der Waals surface area contributed by atoms with Crippen LogP contribution in [0.5, 0.6) is 0 Å². The van der Waals surface area contributed by atoms with Gasteiger partial charge >= 0.3 is 0 Å². The highest BCUT2D eigenvalue weighted by atomic mass is 32.1. The minimum absolute atomic E-state index is 0.902. The molecular weight excluding hydrogens is 743 g/mol. The molecule has 0 aliphatic heterocycles. The molecule has 1 heterocycles. The summed E-state index contributed by atoms with van der Waals surface area (Å²) in [5.41, 5.74) is 15.6. The summed E-state index contributed by atoms with van der Waals surface area (Å²) in [6, 6.07) is 79.7. The van der Waals surface area contributed by atoms with Gasteiger partial charge in [-0.05, 0) is 117 Å². The van der Waals surface area contributed by atoms with Crippen molar-refractivity contribution in [2.45, 2.75) is 12.8 Å². The van der Waals surface area contributed by atoms with Crippen LogP contribution < -0.4 is 4.90 Å². The van der Waals surface area contributed by atoms with Gasteiger partial charge in [0.15, 0.2) is 0 Å². The molecule has 0 unspecified atom stereocenters. The van der Waals surface area contributed by atoms with Gasteiger partial charge in [0.25, 0.3) is 0 Å². The zero-order valence-corrected chi connectivity index (χ0v) is 33.8. The molecule has 0 radical (unpaired) electrons. The molecule has 0 bridgehead atoms. The van der Waals surface area contributed by atoms with Crippen molar-refractivity contribution >= 4 is 59.2 Å². The van der Waals surface area contributed by atoms with Crippen LogP contribution >= 0.6 is 11.3 Å². The smallest absolute Gasteiger partial charge is 0.0857 e. The Morgan fingerprint density at radius 1 is 0.417 bits per heavy atom. The monoisotopic (exact) mass is 781 g/mol. The van der Waals surface area contributed by atoms with E-state index in [0.717, 1.165) is 40.0 Å². The topological polar surface area (TPSA) is 3.24 Å². The van der Waals surface area contributed by atoms with Gasteiger partial charge in [-0.25, -0.2) is 0 Å². The van der Waals surface area contributed by atoms with Crippen molar-refractivity contribution in [2.75, 3.05) is 4.90 Å².